The number of hydrogen-bond donors (Lipinski definition) is 1. The van der Waals surface area contributed by atoms with Crippen molar-refractivity contribution in [3.63, 3.8) is 0 Å². The van der Waals surface area contributed by atoms with Crippen LogP contribution in [0.5, 0.6) is 11.5 Å². The fraction of sp³-hybridized carbons (Fsp3) is 0.400. The molecule has 1 N–H and O–H groups in total. The van der Waals surface area contributed by atoms with Crippen LogP contribution in [0, 0.1) is 0 Å². The molecular formula is C25H26N4O4. The molecule has 1 saturated carbocycles. The highest BCUT2D eigenvalue weighted by molar-refractivity contribution is 6.05. The minimum Gasteiger partial charge on any atom is -0.486 e. The topological polar surface area (TPSA) is 85.7 Å². The third-order valence-corrected chi connectivity index (χ3v) is 6.77. The Morgan fingerprint density at radius 1 is 1.03 bits per heavy atom. The molecule has 1 aromatic heterocycles. The van der Waals surface area contributed by atoms with Crippen LogP contribution in [0.4, 0.5) is 11.6 Å². The van der Waals surface area contributed by atoms with Crippen molar-refractivity contribution in [2.75, 3.05) is 23.4 Å². The van der Waals surface area contributed by atoms with Gasteiger partial charge in [-0.25, -0.2) is 4.98 Å². The lowest BCUT2D eigenvalue weighted by Gasteiger charge is -2.30. The van der Waals surface area contributed by atoms with Crippen LogP contribution in [0.2, 0.25) is 0 Å². The number of carbonyl (C=O) groups excluding carboxylic acids is 2. The molecule has 0 radical (unpaired) electrons. The van der Waals surface area contributed by atoms with E-state index in [1.807, 2.05) is 33.7 Å². The van der Waals surface area contributed by atoms with Gasteiger partial charge in [-0.15, -0.1) is 0 Å². The fourth-order valence-corrected chi connectivity index (χ4v) is 5.25. The van der Waals surface area contributed by atoms with E-state index in [0.717, 1.165) is 36.7 Å². The summed E-state index contributed by atoms with van der Waals surface area (Å²) in [6.45, 7) is 0.996. The first-order valence-electron chi connectivity index (χ1n) is 11.7. The second kappa shape index (κ2) is 8.10. The lowest BCUT2D eigenvalue weighted by Crippen LogP contribution is -2.41. The fourth-order valence-electron chi connectivity index (χ4n) is 5.25. The van der Waals surface area contributed by atoms with E-state index in [-0.39, 0.29) is 24.3 Å². The Morgan fingerprint density at radius 3 is 2.67 bits per heavy atom. The minimum absolute atomic E-state index is 0.0347. The number of aromatic nitrogens is 2. The molecule has 3 heterocycles. The van der Waals surface area contributed by atoms with Crippen LogP contribution in [-0.2, 0) is 9.59 Å². The Labute approximate surface area is 191 Å². The molecule has 6 rings (SSSR count). The third-order valence-electron chi connectivity index (χ3n) is 6.77. The number of para-hydroxylation sites is 2. The lowest BCUT2D eigenvalue weighted by molar-refractivity contribution is -0.125. The SMILES string of the molecule is O=C(C[C@@H]1C(=O)N(C2CCCCC2)c2nc3ccccc3n21)Nc1ccc2c(c1)OCCO2. The summed E-state index contributed by atoms with van der Waals surface area (Å²) in [5.74, 6) is 1.70. The highest BCUT2D eigenvalue weighted by Crippen LogP contribution is 2.40. The Balaban J connectivity index is 1.28. The predicted octanol–water partition coefficient (Wildman–Crippen LogP) is 4.06. The first-order valence-corrected chi connectivity index (χ1v) is 11.7. The van der Waals surface area contributed by atoms with Crippen molar-refractivity contribution in [1.29, 1.82) is 0 Å². The van der Waals surface area contributed by atoms with Gasteiger partial charge in [-0.3, -0.25) is 19.1 Å². The Morgan fingerprint density at radius 2 is 1.82 bits per heavy atom. The van der Waals surface area contributed by atoms with Gasteiger partial charge >= 0.3 is 0 Å². The molecule has 3 aliphatic rings. The second-order valence-electron chi connectivity index (χ2n) is 8.90. The number of rotatable bonds is 4. The van der Waals surface area contributed by atoms with Gasteiger partial charge in [-0.1, -0.05) is 31.4 Å². The second-order valence-corrected chi connectivity index (χ2v) is 8.90. The number of benzene rings is 2. The van der Waals surface area contributed by atoms with Crippen molar-refractivity contribution in [3.8, 4) is 11.5 Å². The van der Waals surface area contributed by atoms with Crippen molar-refractivity contribution in [1.82, 2.24) is 9.55 Å². The Bertz CT molecular complexity index is 1230. The summed E-state index contributed by atoms with van der Waals surface area (Å²) < 4.78 is 13.1. The Kier molecular flexibility index (Phi) is 4.93. The van der Waals surface area contributed by atoms with E-state index in [1.165, 1.54) is 6.42 Å². The zero-order chi connectivity index (χ0) is 22.4. The number of ether oxygens (including phenoxy) is 2. The highest BCUT2D eigenvalue weighted by atomic mass is 16.6. The lowest BCUT2D eigenvalue weighted by atomic mass is 9.94. The first-order chi connectivity index (χ1) is 16.2. The average molecular weight is 447 g/mol. The van der Waals surface area contributed by atoms with Crippen molar-refractivity contribution in [3.05, 3.63) is 42.5 Å². The summed E-state index contributed by atoms with van der Waals surface area (Å²) in [5.41, 5.74) is 2.35. The number of amides is 2. The van der Waals surface area contributed by atoms with E-state index in [4.69, 9.17) is 14.5 Å². The molecule has 170 valence electrons. The molecule has 2 aliphatic heterocycles. The standard InChI is InChI=1S/C25H26N4O4/c30-23(26-16-10-11-21-22(14-16)33-13-12-32-21)15-20-24(31)28(17-6-2-1-3-7-17)25-27-18-8-4-5-9-19(18)29(20)25/h4-5,8-11,14,17,20H,1-3,6-7,12-13,15H2,(H,26,30)/t20-/m1/s1. The van der Waals surface area contributed by atoms with Crippen molar-refractivity contribution in [2.24, 2.45) is 0 Å². The van der Waals surface area contributed by atoms with Gasteiger partial charge in [0.2, 0.25) is 11.9 Å². The van der Waals surface area contributed by atoms with Crippen LogP contribution in [0.1, 0.15) is 44.6 Å². The van der Waals surface area contributed by atoms with Gasteiger partial charge in [0.15, 0.2) is 11.5 Å². The molecule has 1 fully saturated rings. The number of fused-ring (bicyclic) bond motifs is 4. The zero-order valence-electron chi connectivity index (χ0n) is 18.3. The number of carbonyl (C=O) groups is 2. The van der Waals surface area contributed by atoms with Gasteiger partial charge in [0.25, 0.3) is 5.91 Å². The van der Waals surface area contributed by atoms with E-state index < -0.39 is 6.04 Å². The maximum atomic E-state index is 13.6. The molecule has 8 heteroatoms. The maximum absolute atomic E-state index is 13.6. The quantitative estimate of drug-likeness (QED) is 0.653. The van der Waals surface area contributed by atoms with E-state index >= 15 is 0 Å². The van der Waals surface area contributed by atoms with Gasteiger partial charge in [0.05, 0.1) is 17.5 Å². The smallest absolute Gasteiger partial charge is 0.253 e. The molecule has 2 amide bonds. The first kappa shape index (κ1) is 20.1. The molecule has 0 unspecified atom stereocenters. The number of imidazole rings is 1. The van der Waals surface area contributed by atoms with Gasteiger partial charge < -0.3 is 14.8 Å². The summed E-state index contributed by atoms with van der Waals surface area (Å²) in [5, 5.41) is 2.93. The third kappa shape index (κ3) is 3.50. The molecular weight excluding hydrogens is 420 g/mol. The summed E-state index contributed by atoms with van der Waals surface area (Å²) in [7, 11) is 0. The van der Waals surface area contributed by atoms with Gasteiger partial charge in [-0.2, -0.15) is 0 Å². The number of anilines is 2. The van der Waals surface area contributed by atoms with Crippen molar-refractivity contribution < 1.29 is 19.1 Å². The van der Waals surface area contributed by atoms with Gasteiger partial charge in [0.1, 0.15) is 19.3 Å². The van der Waals surface area contributed by atoms with Crippen molar-refractivity contribution >= 4 is 34.5 Å². The number of hydrogen-bond acceptors (Lipinski definition) is 5. The van der Waals surface area contributed by atoms with Crippen LogP contribution < -0.4 is 19.7 Å². The zero-order valence-corrected chi connectivity index (χ0v) is 18.3. The monoisotopic (exact) mass is 446 g/mol. The molecule has 8 nitrogen and oxygen atoms in total. The number of nitrogens with one attached hydrogen (secondary N) is 1. The molecule has 0 bridgehead atoms. The van der Waals surface area contributed by atoms with Gasteiger partial charge in [0, 0.05) is 17.8 Å². The molecule has 0 saturated heterocycles. The molecule has 33 heavy (non-hydrogen) atoms. The van der Waals surface area contributed by atoms with Crippen LogP contribution in [0.25, 0.3) is 11.0 Å². The normalized spacial score (nSPS) is 20.2. The molecule has 1 aliphatic carbocycles. The van der Waals surface area contributed by atoms with Crippen LogP contribution in [-0.4, -0.2) is 40.6 Å². The Hall–Kier alpha value is -3.55. The molecule has 1 atom stereocenters. The van der Waals surface area contributed by atoms with E-state index in [2.05, 4.69) is 5.32 Å². The van der Waals surface area contributed by atoms with Crippen LogP contribution >= 0.6 is 0 Å². The minimum atomic E-state index is -0.605. The summed E-state index contributed by atoms with van der Waals surface area (Å²) in [6, 6.07) is 12.7. The maximum Gasteiger partial charge on any atom is 0.253 e. The summed E-state index contributed by atoms with van der Waals surface area (Å²) in [6.07, 6.45) is 5.43. The highest BCUT2D eigenvalue weighted by Gasteiger charge is 2.44. The van der Waals surface area contributed by atoms with Crippen LogP contribution in [0.15, 0.2) is 42.5 Å². The van der Waals surface area contributed by atoms with Crippen LogP contribution in [0.3, 0.4) is 0 Å². The summed E-state index contributed by atoms with van der Waals surface area (Å²) in [4.78, 5) is 33.3. The summed E-state index contributed by atoms with van der Waals surface area (Å²) >= 11 is 0. The van der Waals surface area contributed by atoms with Gasteiger partial charge in [-0.05, 0) is 37.1 Å². The van der Waals surface area contributed by atoms with E-state index in [1.54, 1.807) is 18.2 Å². The van der Waals surface area contributed by atoms with E-state index in [9.17, 15) is 9.59 Å². The van der Waals surface area contributed by atoms with Crippen molar-refractivity contribution in [2.45, 2.75) is 50.6 Å². The molecule has 3 aromatic rings. The number of nitrogens with zero attached hydrogens (tertiary/aromatic N) is 3. The molecule has 0 spiro atoms. The van der Waals surface area contributed by atoms with E-state index in [0.29, 0.717) is 36.3 Å². The molecule has 2 aromatic carbocycles. The average Bonchev–Trinajstić information content (AvgIpc) is 3.33. The predicted molar refractivity (Wildman–Crippen MR) is 124 cm³/mol. The largest absolute Gasteiger partial charge is 0.486 e.